The fourth-order valence-corrected chi connectivity index (χ4v) is 4.57. The van der Waals surface area contributed by atoms with Crippen LogP contribution in [-0.2, 0) is 6.54 Å². The van der Waals surface area contributed by atoms with E-state index in [9.17, 15) is 5.11 Å². The third-order valence-corrected chi connectivity index (χ3v) is 5.64. The van der Waals surface area contributed by atoms with Crippen molar-refractivity contribution in [3.05, 3.63) is 29.1 Å². The maximum atomic E-state index is 10.1. The standard InChI is InChI=1S/C16H20N2OS/c19-15-7-11(8-16-13(15)3-6-20-16)9-18-5-2-12-1-4-17-14(12)10-18/h3,6-8,12,14,17,19H,1-2,4-5,9-10H2/t12-,14+/m0/s1. The number of hydrogen-bond acceptors (Lipinski definition) is 4. The van der Waals surface area contributed by atoms with Gasteiger partial charge in [0.15, 0.2) is 0 Å². The molecule has 4 heteroatoms. The summed E-state index contributed by atoms with van der Waals surface area (Å²) < 4.78 is 1.19. The van der Waals surface area contributed by atoms with Crippen LogP contribution in [0.2, 0.25) is 0 Å². The molecule has 0 radical (unpaired) electrons. The summed E-state index contributed by atoms with van der Waals surface area (Å²) in [5.41, 5.74) is 1.23. The number of benzene rings is 1. The number of likely N-dealkylation sites (tertiary alicyclic amines) is 1. The molecule has 20 heavy (non-hydrogen) atoms. The Morgan fingerprint density at radius 2 is 2.30 bits per heavy atom. The zero-order valence-corrected chi connectivity index (χ0v) is 12.3. The lowest BCUT2D eigenvalue weighted by molar-refractivity contribution is 0.159. The molecule has 4 rings (SSSR count). The highest BCUT2D eigenvalue weighted by atomic mass is 32.1. The van der Waals surface area contributed by atoms with E-state index in [2.05, 4.69) is 16.3 Å². The Kier molecular flexibility index (Phi) is 3.17. The van der Waals surface area contributed by atoms with E-state index in [4.69, 9.17) is 0 Å². The molecule has 0 bridgehead atoms. The molecule has 2 atom stereocenters. The summed E-state index contributed by atoms with van der Waals surface area (Å²) in [6.07, 6.45) is 2.66. The second-order valence-corrected chi connectivity index (χ2v) is 7.03. The molecule has 0 unspecified atom stereocenters. The molecule has 2 saturated heterocycles. The van der Waals surface area contributed by atoms with Gasteiger partial charge in [0.1, 0.15) is 5.75 Å². The lowest BCUT2D eigenvalue weighted by Gasteiger charge is -2.34. The van der Waals surface area contributed by atoms with Crippen LogP contribution in [-0.4, -0.2) is 35.7 Å². The number of nitrogens with zero attached hydrogens (tertiary/aromatic N) is 1. The fourth-order valence-electron chi connectivity index (χ4n) is 3.70. The lowest BCUT2D eigenvalue weighted by Crippen LogP contribution is -2.45. The van der Waals surface area contributed by atoms with Crippen molar-refractivity contribution in [2.45, 2.75) is 25.4 Å². The number of thiophene rings is 1. The Morgan fingerprint density at radius 1 is 1.35 bits per heavy atom. The van der Waals surface area contributed by atoms with Gasteiger partial charge in [-0.1, -0.05) is 0 Å². The largest absolute Gasteiger partial charge is 0.507 e. The van der Waals surface area contributed by atoms with Gasteiger partial charge in [-0.3, -0.25) is 4.90 Å². The first-order chi connectivity index (χ1) is 9.79. The number of piperidine rings is 1. The maximum absolute atomic E-state index is 10.1. The molecule has 0 spiro atoms. The highest BCUT2D eigenvalue weighted by Crippen LogP contribution is 2.32. The van der Waals surface area contributed by atoms with E-state index >= 15 is 0 Å². The van der Waals surface area contributed by atoms with E-state index in [1.165, 1.54) is 36.2 Å². The van der Waals surface area contributed by atoms with Crippen molar-refractivity contribution in [2.75, 3.05) is 19.6 Å². The predicted octanol–water partition coefficient (Wildman–Crippen LogP) is 2.79. The van der Waals surface area contributed by atoms with Crippen LogP contribution in [0.5, 0.6) is 5.75 Å². The molecule has 106 valence electrons. The van der Waals surface area contributed by atoms with Crippen molar-refractivity contribution in [1.82, 2.24) is 10.2 Å². The Labute approximate surface area is 123 Å². The number of fused-ring (bicyclic) bond motifs is 2. The Bertz CT molecular complexity index is 624. The smallest absolute Gasteiger partial charge is 0.124 e. The summed E-state index contributed by atoms with van der Waals surface area (Å²) >= 11 is 1.70. The molecule has 0 saturated carbocycles. The van der Waals surface area contributed by atoms with Gasteiger partial charge in [-0.15, -0.1) is 11.3 Å². The number of hydrogen-bond donors (Lipinski definition) is 2. The zero-order chi connectivity index (χ0) is 13.5. The van der Waals surface area contributed by atoms with Crippen LogP contribution in [0.25, 0.3) is 10.1 Å². The van der Waals surface area contributed by atoms with Crippen LogP contribution in [0.3, 0.4) is 0 Å². The number of phenolic OH excluding ortho intramolecular Hbond substituents is 1. The molecule has 1 aromatic heterocycles. The minimum absolute atomic E-state index is 0.424. The van der Waals surface area contributed by atoms with E-state index in [0.29, 0.717) is 11.8 Å². The second-order valence-electron chi connectivity index (χ2n) is 6.08. The van der Waals surface area contributed by atoms with Crippen LogP contribution in [0.15, 0.2) is 23.6 Å². The monoisotopic (exact) mass is 288 g/mol. The minimum atomic E-state index is 0.424. The minimum Gasteiger partial charge on any atom is -0.507 e. The van der Waals surface area contributed by atoms with Crippen molar-refractivity contribution in [3.8, 4) is 5.75 Å². The second kappa shape index (κ2) is 5.02. The average Bonchev–Trinajstić information content (AvgIpc) is 3.06. The van der Waals surface area contributed by atoms with Gasteiger partial charge in [0.2, 0.25) is 0 Å². The number of phenols is 1. The molecule has 3 heterocycles. The summed E-state index contributed by atoms with van der Waals surface area (Å²) in [7, 11) is 0. The zero-order valence-electron chi connectivity index (χ0n) is 11.5. The molecule has 3 nitrogen and oxygen atoms in total. The van der Waals surface area contributed by atoms with E-state index in [1.807, 2.05) is 17.5 Å². The molecule has 1 aromatic carbocycles. The first kappa shape index (κ1) is 12.6. The van der Waals surface area contributed by atoms with E-state index in [1.54, 1.807) is 11.3 Å². The van der Waals surface area contributed by atoms with Gasteiger partial charge in [-0.05, 0) is 61.0 Å². The van der Waals surface area contributed by atoms with Crippen molar-refractivity contribution in [1.29, 1.82) is 0 Å². The normalized spacial score (nSPS) is 27.0. The SMILES string of the molecule is Oc1cc(CN2CC[C@@H]3CCN[C@@H]3C2)cc2sccc12. The first-order valence-corrected chi connectivity index (χ1v) is 8.32. The van der Waals surface area contributed by atoms with E-state index in [-0.39, 0.29) is 0 Å². The van der Waals surface area contributed by atoms with Gasteiger partial charge in [-0.25, -0.2) is 0 Å². The van der Waals surface area contributed by atoms with Crippen molar-refractivity contribution < 1.29 is 5.11 Å². The molecule has 2 fully saturated rings. The van der Waals surface area contributed by atoms with Crippen LogP contribution >= 0.6 is 11.3 Å². The summed E-state index contributed by atoms with van der Waals surface area (Å²) in [6, 6.07) is 6.84. The van der Waals surface area contributed by atoms with Crippen LogP contribution in [0.1, 0.15) is 18.4 Å². The van der Waals surface area contributed by atoms with E-state index in [0.717, 1.165) is 24.4 Å². The molecular formula is C16H20N2OS. The van der Waals surface area contributed by atoms with Crippen molar-refractivity contribution in [2.24, 2.45) is 5.92 Å². The lowest BCUT2D eigenvalue weighted by atomic mass is 9.92. The molecule has 0 aliphatic carbocycles. The fraction of sp³-hybridized carbons (Fsp3) is 0.500. The number of nitrogens with one attached hydrogen (secondary N) is 1. The number of rotatable bonds is 2. The highest BCUT2D eigenvalue weighted by molar-refractivity contribution is 7.17. The molecule has 2 aromatic rings. The van der Waals surface area contributed by atoms with Gasteiger partial charge in [0.25, 0.3) is 0 Å². The topological polar surface area (TPSA) is 35.5 Å². The quantitative estimate of drug-likeness (QED) is 0.892. The van der Waals surface area contributed by atoms with Crippen molar-refractivity contribution >= 4 is 21.4 Å². The third-order valence-electron chi connectivity index (χ3n) is 4.78. The van der Waals surface area contributed by atoms with Crippen LogP contribution < -0.4 is 5.32 Å². The average molecular weight is 288 g/mol. The van der Waals surface area contributed by atoms with Crippen LogP contribution in [0, 0.1) is 5.92 Å². The summed E-state index contributed by atoms with van der Waals surface area (Å²) in [6.45, 7) is 4.47. The molecule has 2 N–H and O–H groups in total. The van der Waals surface area contributed by atoms with Gasteiger partial charge in [-0.2, -0.15) is 0 Å². The van der Waals surface area contributed by atoms with Gasteiger partial charge in [0, 0.05) is 29.2 Å². The summed E-state index contributed by atoms with van der Waals surface area (Å²) in [5, 5.41) is 16.7. The summed E-state index contributed by atoms with van der Waals surface area (Å²) in [4.78, 5) is 2.52. The maximum Gasteiger partial charge on any atom is 0.124 e. The predicted molar refractivity (Wildman–Crippen MR) is 83.3 cm³/mol. The van der Waals surface area contributed by atoms with Crippen molar-refractivity contribution in [3.63, 3.8) is 0 Å². The molecular weight excluding hydrogens is 268 g/mol. The third kappa shape index (κ3) is 2.22. The van der Waals surface area contributed by atoms with Gasteiger partial charge in [0.05, 0.1) is 0 Å². The molecule has 2 aliphatic heterocycles. The summed E-state index contributed by atoms with van der Waals surface area (Å²) in [5.74, 6) is 1.31. The van der Waals surface area contributed by atoms with Gasteiger partial charge >= 0.3 is 0 Å². The van der Waals surface area contributed by atoms with E-state index < -0.39 is 0 Å². The molecule has 0 amide bonds. The Hall–Kier alpha value is -1.10. The number of aromatic hydroxyl groups is 1. The first-order valence-electron chi connectivity index (χ1n) is 7.44. The Morgan fingerprint density at radius 3 is 3.25 bits per heavy atom. The van der Waals surface area contributed by atoms with Gasteiger partial charge < -0.3 is 10.4 Å². The molecule has 2 aliphatic rings. The Balaban J connectivity index is 1.52. The van der Waals surface area contributed by atoms with Crippen LogP contribution in [0.4, 0.5) is 0 Å². The highest BCUT2D eigenvalue weighted by Gasteiger charge is 2.32.